The molecule has 5 heteroatoms. The van der Waals surface area contributed by atoms with Gasteiger partial charge in [0.1, 0.15) is 12.4 Å². The number of nitrogens with zero attached hydrogens (tertiary/aromatic N) is 1. The van der Waals surface area contributed by atoms with Crippen molar-refractivity contribution in [3.8, 4) is 0 Å². The molecule has 1 saturated heterocycles. The summed E-state index contributed by atoms with van der Waals surface area (Å²) in [7, 11) is 0. The Labute approximate surface area is 161 Å². The summed E-state index contributed by atoms with van der Waals surface area (Å²) < 4.78 is 16.7. The zero-order valence-corrected chi connectivity index (χ0v) is 16.4. The van der Waals surface area contributed by atoms with Crippen molar-refractivity contribution in [2.45, 2.75) is 52.0 Å². The molecule has 1 aliphatic heterocycles. The van der Waals surface area contributed by atoms with Gasteiger partial charge in [-0.15, -0.1) is 0 Å². The first kappa shape index (κ1) is 20.1. The van der Waals surface area contributed by atoms with Gasteiger partial charge in [0.15, 0.2) is 0 Å². The third-order valence-electron chi connectivity index (χ3n) is 4.98. The smallest absolute Gasteiger partial charge is 0.129 e. The van der Waals surface area contributed by atoms with Gasteiger partial charge in [-0.05, 0) is 49.9 Å². The van der Waals surface area contributed by atoms with Crippen LogP contribution in [0.15, 0.2) is 41.0 Å². The highest BCUT2D eigenvalue weighted by molar-refractivity contribution is 5.30. The second-order valence-electron chi connectivity index (χ2n) is 7.51. The summed E-state index contributed by atoms with van der Waals surface area (Å²) in [5, 5.41) is 10.5. The van der Waals surface area contributed by atoms with E-state index in [9.17, 15) is 5.11 Å². The van der Waals surface area contributed by atoms with Gasteiger partial charge < -0.3 is 19.0 Å². The monoisotopic (exact) mass is 373 g/mol. The maximum Gasteiger partial charge on any atom is 0.129 e. The van der Waals surface area contributed by atoms with Crippen molar-refractivity contribution in [2.75, 3.05) is 26.3 Å². The summed E-state index contributed by atoms with van der Waals surface area (Å²) in [6.45, 7) is 7.98. The van der Waals surface area contributed by atoms with Gasteiger partial charge >= 0.3 is 0 Å². The number of benzene rings is 1. The van der Waals surface area contributed by atoms with Gasteiger partial charge in [0.05, 0.1) is 25.1 Å². The van der Waals surface area contributed by atoms with Crippen LogP contribution in [0.5, 0.6) is 0 Å². The van der Waals surface area contributed by atoms with Crippen LogP contribution in [0.3, 0.4) is 0 Å². The average molecular weight is 373 g/mol. The molecule has 2 atom stereocenters. The lowest BCUT2D eigenvalue weighted by Gasteiger charge is -2.28. The Hall–Kier alpha value is -1.66. The van der Waals surface area contributed by atoms with Crippen LogP contribution in [0, 0.1) is 13.8 Å². The minimum atomic E-state index is -0.549. The molecule has 3 rings (SSSR count). The van der Waals surface area contributed by atoms with E-state index < -0.39 is 6.10 Å². The standard InChI is InChI=1S/C22H31NO4/c1-17-7-8-19(18(2)11-17)12-23(14-21-5-3-9-26-21)13-20(24)15-25-16-22-6-4-10-27-22/h4,6-8,10-11,20-21,24H,3,5,9,12-16H2,1-2H3. The van der Waals surface area contributed by atoms with E-state index in [1.54, 1.807) is 6.26 Å². The Balaban J connectivity index is 1.54. The van der Waals surface area contributed by atoms with Crippen molar-refractivity contribution in [3.63, 3.8) is 0 Å². The molecule has 0 saturated carbocycles. The van der Waals surface area contributed by atoms with Gasteiger partial charge in [0.25, 0.3) is 0 Å². The predicted molar refractivity (Wildman–Crippen MR) is 105 cm³/mol. The van der Waals surface area contributed by atoms with Crippen molar-refractivity contribution in [1.29, 1.82) is 0 Å². The van der Waals surface area contributed by atoms with Crippen LogP contribution in [0.1, 0.15) is 35.3 Å². The van der Waals surface area contributed by atoms with Crippen LogP contribution >= 0.6 is 0 Å². The topological polar surface area (TPSA) is 55.1 Å². The molecule has 0 amide bonds. The molecule has 1 fully saturated rings. The highest BCUT2D eigenvalue weighted by Gasteiger charge is 2.21. The molecular weight excluding hydrogens is 342 g/mol. The molecule has 2 aromatic rings. The van der Waals surface area contributed by atoms with E-state index in [-0.39, 0.29) is 12.7 Å². The van der Waals surface area contributed by atoms with Gasteiger partial charge in [0, 0.05) is 26.2 Å². The number of hydrogen-bond acceptors (Lipinski definition) is 5. The molecule has 27 heavy (non-hydrogen) atoms. The number of aliphatic hydroxyl groups excluding tert-OH is 1. The third-order valence-corrected chi connectivity index (χ3v) is 4.98. The van der Waals surface area contributed by atoms with Crippen LogP contribution in [0.4, 0.5) is 0 Å². The van der Waals surface area contributed by atoms with Gasteiger partial charge in [-0.2, -0.15) is 0 Å². The fourth-order valence-electron chi connectivity index (χ4n) is 3.59. The maximum atomic E-state index is 10.5. The van der Waals surface area contributed by atoms with Crippen molar-refractivity contribution in [2.24, 2.45) is 0 Å². The van der Waals surface area contributed by atoms with Crippen molar-refractivity contribution >= 4 is 0 Å². The summed E-state index contributed by atoms with van der Waals surface area (Å²) >= 11 is 0. The Morgan fingerprint density at radius 2 is 2.19 bits per heavy atom. The summed E-state index contributed by atoms with van der Waals surface area (Å²) in [5.74, 6) is 0.772. The van der Waals surface area contributed by atoms with Crippen LogP contribution in [0.25, 0.3) is 0 Å². The fourth-order valence-corrected chi connectivity index (χ4v) is 3.59. The Bertz CT molecular complexity index is 680. The minimum Gasteiger partial charge on any atom is -0.467 e. The average Bonchev–Trinajstić information content (AvgIpc) is 3.31. The van der Waals surface area contributed by atoms with E-state index in [0.717, 1.165) is 38.3 Å². The predicted octanol–water partition coefficient (Wildman–Crippen LogP) is 3.46. The number of aliphatic hydroxyl groups is 1. The van der Waals surface area contributed by atoms with E-state index in [1.807, 2.05) is 12.1 Å². The van der Waals surface area contributed by atoms with Crippen LogP contribution in [-0.4, -0.2) is 48.5 Å². The maximum absolute atomic E-state index is 10.5. The Kier molecular flexibility index (Phi) is 7.47. The molecule has 1 aromatic heterocycles. The second kappa shape index (κ2) is 10.0. The Morgan fingerprint density at radius 1 is 1.30 bits per heavy atom. The molecule has 148 valence electrons. The first-order valence-corrected chi connectivity index (χ1v) is 9.78. The van der Waals surface area contributed by atoms with Crippen LogP contribution < -0.4 is 0 Å². The number of furan rings is 1. The summed E-state index contributed by atoms with van der Waals surface area (Å²) in [4.78, 5) is 2.29. The van der Waals surface area contributed by atoms with Crippen molar-refractivity contribution < 1.29 is 19.0 Å². The molecule has 0 radical (unpaired) electrons. The molecule has 5 nitrogen and oxygen atoms in total. The molecule has 1 aromatic carbocycles. The summed E-state index contributed by atoms with van der Waals surface area (Å²) in [6.07, 6.45) is 3.55. The quantitative estimate of drug-likeness (QED) is 0.691. The number of hydrogen-bond donors (Lipinski definition) is 1. The van der Waals surface area contributed by atoms with Gasteiger partial charge in [-0.25, -0.2) is 0 Å². The lowest BCUT2D eigenvalue weighted by Crippen LogP contribution is -2.39. The molecule has 1 N–H and O–H groups in total. The minimum absolute atomic E-state index is 0.256. The van der Waals surface area contributed by atoms with Crippen LogP contribution in [0.2, 0.25) is 0 Å². The largest absolute Gasteiger partial charge is 0.467 e. The SMILES string of the molecule is Cc1ccc(CN(CC(O)COCc2ccco2)CC2CCCO2)c(C)c1. The zero-order chi connectivity index (χ0) is 19.1. The van der Waals surface area contributed by atoms with E-state index in [2.05, 4.69) is 36.9 Å². The normalized spacial score (nSPS) is 18.3. The van der Waals surface area contributed by atoms with Crippen molar-refractivity contribution in [3.05, 3.63) is 59.0 Å². The number of rotatable bonds is 10. The van der Waals surface area contributed by atoms with E-state index in [4.69, 9.17) is 13.9 Å². The number of ether oxygens (including phenoxy) is 2. The first-order chi connectivity index (χ1) is 13.1. The lowest BCUT2D eigenvalue weighted by atomic mass is 10.0. The fraction of sp³-hybridized carbons (Fsp3) is 0.545. The zero-order valence-electron chi connectivity index (χ0n) is 16.4. The molecule has 0 spiro atoms. The summed E-state index contributed by atoms with van der Waals surface area (Å²) in [5.41, 5.74) is 3.85. The molecule has 0 aliphatic carbocycles. The highest BCUT2D eigenvalue weighted by atomic mass is 16.5. The van der Waals surface area contributed by atoms with Crippen LogP contribution in [-0.2, 0) is 22.6 Å². The molecule has 0 bridgehead atoms. The first-order valence-electron chi connectivity index (χ1n) is 9.78. The van der Waals surface area contributed by atoms with E-state index >= 15 is 0 Å². The Morgan fingerprint density at radius 3 is 2.89 bits per heavy atom. The van der Waals surface area contributed by atoms with Crippen molar-refractivity contribution in [1.82, 2.24) is 4.90 Å². The highest BCUT2D eigenvalue weighted by Crippen LogP contribution is 2.18. The second-order valence-corrected chi connectivity index (χ2v) is 7.51. The van der Waals surface area contributed by atoms with E-state index in [1.165, 1.54) is 16.7 Å². The van der Waals surface area contributed by atoms with Gasteiger partial charge in [-0.1, -0.05) is 23.8 Å². The molecule has 2 unspecified atom stereocenters. The molecule has 1 aliphatic rings. The third kappa shape index (κ3) is 6.47. The summed E-state index contributed by atoms with van der Waals surface area (Å²) in [6, 6.07) is 10.3. The lowest BCUT2D eigenvalue weighted by molar-refractivity contribution is -0.00639. The molecular formula is C22H31NO4. The van der Waals surface area contributed by atoms with E-state index in [0.29, 0.717) is 13.2 Å². The molecule has 2 heterocycles. The number of aryl methyl sites for hydroxylation is 2. The van der Waals surface area contributed by atoms with Gasteiger partial charge in [0.2, 0.25) is 0 Å². The van der Waals surface area contributed by atoms with Gasteiger partial charge in [-0.3, -0.25) is 4.90 Å².